The summed E-state index contributed by atoms with van der Waals surface area (Å²) in [5, 5.41) is 2.76. The predicted molar refractivity (Wildman–Crippen MR) is 101 cm³/mol. The second-order valence-electron chi connectivity index (χ2n) is 6.50. The zero-order valence-electron chi connectivity index (χ0n) is 14.9. The van der Waals surface area contributed by atoms with Gasteiger partial charge in [-0.3, -0.25) is 9.59 Å². The van der Waals surface area contributed by atoms with Gasteiger partial charge in [-0.1, -0.05) is 0 Å². The quantitative estimate of drug-likeness (QED) is 0.817. The van der Waals surface area contributed by atoms with Crippen molar-refractivity contribution in [2.45, 2.75) is 12.8 Å². The number of primary amides is 1. The normalized spacial score (nSPS) is 14.6. The Hall–Kier alpha value is -3.09. The van der Waals surface area contributed by atoms with Crippen molar-refractivity contribution in [2.75, 3.05) is 29.9 Å². The van der Waals surface area contributed by atoms with Gasteiger partial charge in [0, 0.05) is 30.4 Å². The summed E-state index contributed by atoms with van der Waals surface area (Å²) in [6, 6.07) is 13.0. The minimum atomic E-state index is -0.356. The van der Waals surface area contributed by atoms with E-state index < -0.39 is 0 Å². The minimum Gasteiger partial charge on any atom is -0.484 e. The van der Waals surface area contributed by atoms with Crippen molar-refractivity contribution < 1.29 is 18.7 Å². The number of ether oxygens (including phenoxy) is 1. The van der Waals surface area contributed by atoms with Crippen molar-refractivity contribution in [3.63, 3.8) is 0 Å². The molecule has 0 aromatic heterocycles. The van der Waals surface area contributed by atoms with E-state index >= 15 is 0 Å². The first-order chi connectivity index (χ1) is 13.0. The van der Waals surface area contributed by atoms with Gasteiger partial charge in [-0.05, 0) is 61.4 Å². The zero-order valence-corrected chi connectivity index (χ0v) is 14.9. The third kappa shape index (κ3) is 5.20. The van der Waals surface area contributed by atoms with E-state index in [0.29, 0.717) is 11.4 Å². The molecule has 3 rings (SSSR count). The molecule has 0 saturated carbocycles. The van der Waals surface area contributed by atoms with E-state index in [1.54, 1.807) is 0 Å². The molecule has 1 aliphatic rings. The van der Waals surface area contributed by atoms with Crippen LogP contribution >= 0.6 is 0 Å². The lowest BCUT2D eigenvalue weighted by Crippen LogP contribution is -2.38. The number of nitrogens with one attached hydrogen (secondary N) is 1. The molecule has 0 bridgehead atoms. The molecule has 0 atom stereocenters. The molecular weight excluding hydrogens is 349 g/mol. The van der Waals surface area contributed by atoms with Crippen LogP contribution in [0.4, 0.5) is 15.8 Å². The van der Waals surface area contributed by atoms with E-state index in [0.717, 1.165) is 31.6 Å². The zero-order chi connectivity index (χ0) is 19.2. The first kappa shape index (κ1) is 18.7. The van der Waals surface area contributed by atoms with Gasteiger partial charge in [0.1, 0.15) is 11.6 Å². The molecule has 2 aromatic carbocycles. The smallest absolute Gasteiger partial charge is 0.262 e. The molecule has 27 heavy (non-hydrogen) atoms. The summed E-state index contributed by atoms with van der Waals surface area (Å²) in [5.41, 5.74) is 7.07. The van der Waals surface area contributed by atoms with Crippen molar-refractivity contribution in [3.05, 3.63) is 54.3 Å². The van der Waals surface area contributed by atoms with Crippen molar-refractivity contribution in [3.8, 4) is 5.75 Å². The Morgan fingerprint density at radius 1 is 1.07 bits per heavy atom. The minimum absolute atomic E-state index is 0.0408. The summed E-state index contributed by atoms with van der Waals surface area (Å²) in [4.78, 5) is 25.4. The lowest BCUT2D eigenvalue weighted by molar-refractivity contribution is -0.122. The third-order valence-electron chi connectivity index (χ3n) is 4.60. The van der Waals surface area contributed by atoms with Gasteiger partial charge in [-0.15, -0.1) is 0 Å². The molecule has 0 aliphatic carbocycles. The molecule has 1 fully saturated rings. The fourth-order valence-corrected chi connectivity index (χ4v) is 3.05. The Balaban J connectivity index is 1.48. The number of hydrogen-bond acceptors (Lipinski definition) is 4. The fourth-order valence-electron chi connectivity index (χ4n) is 3.05. The highest BCUT2D eigenvalue weighted by molar-refractivity contribution is 5.92. The highest BCUT2D eigenvalue weighted by atomic mass is 19.1. The van der Waals surface area contributed by atoms with Crippen molar-refractivity contribution in [2.24, 2.45) is 11.7 Å². The Morgan fingerprint density at radius 2 is 1.70 bits per heavy atom. The maximum Gasteiger partial charge on any atom is 0.262 e. The molecule has 1 saturated heterocycles. The molecule has 7 heteroatoms. The fraction of sp³-hybridized carbons (Fsp3) is 0.300. The Kier molecular flexibility index (Phi) is 5.90. The first-order valence-electron chi connectivity index (χ1n) is 8.84. The average Bonchev–Trinajstić information content (AvgIpc) is 2.68. The molecular formula is C20H22FN3O3. The maximum atomic E-state index is 12.8. The highest BCUT2D eigenvalue weighted by Gasteiger charge is 2.23. The van der Waals surface area contributed by atoms with Crippen LogP contribution in [0.5, 0.6) is 5.75 Å². The number of piperidine rings is 1. The molecule has 0 spiro atoms. The van der Waals surface area contributed by atoms with Gasteiger partial charge in [0.05, 0.1) is 0 Å². The SMILES string of the molecule is NC(=O)C1CCN(c2ccc(NC(=O)COc3ccc(F)cc3)cc2)CC1. The number of carbonyl (C=O) groups excluding carboxylic acids is 2. The van der Waals surface area contributed by atoms with Gasteiger partial charge in [0.15, 0.2) is 6.61 Å². The second-order valence-corrected chi connectivity index (χ2v) is 6.50. The lowest BCUT2D eigenvalue weighted by Gasteiger charge is -2.32. The third-order valence-corrected chi connectivity index (χ3v) is 4.60. The monoisotopic (exact) mass is 371 g/mol. The van der Waals surface area contributed by atoms with E-state index in [4.69, 9.17) is 10.5 Å². The van der Waals surface area contributed by atoms with Gasteiger partial charge in [-0.2, -0.15) is 0 Å². The number of halogens is 1. The van der Waals surface area contributed by atoms with Crippen LogP contribution in [0.2, 0.25) is 0 Å². The van der Waals surface area contributed by atoms with Gasteiger partial charge in [-0.25, -0.2) is 4.39 Å². The summed E-state index contributed by atoms with van der Waals surface area (Å²) in [6.45, 7) is 1.41. The van der Waals surface area contributed by atoms with E-state index in [1.165, 1.54) is 24.3 Å². The van der Waals surface area contributed by atoms with Crippen LogP contribution in [0.3, 0.4) is 0 Å². The average molecular weight is 371 g/mol. The second kappa shape index (κ2) is 8.53. The van der Waals surface area contributed by atoms with Gasteiger partial charge in [0.2, 0.25) is 5.91 Å². The molecule has 1 heterocycles. The number of rotatable bonds is 6. The summed E-state index contributed by atoms with van der Waals surface area (Å²) in [5.74, 6) is -0.488. The molecule has 0 unspecified atom stereocenters. The largest absolute Gasteiger partial charge is 0.484 e. The molecule has 142 valence electrons. The molecule has 2 amide bonds. The van der Waals surface area contributed by atoms with E-state index in [2.05, 4.69) is 10.2 Å². The van der Waals surface area contributed by atoms with Gasteiger partial charge < -0.3 is 20.7 Å². The van der Waals surface area contributed by atoms with E-state index in [-0.39, 0.29) is 30.2 Å². The van der Waals surface area contributed by atoms with Crippen LogP contribution in [-0.4, -0.2) is 31.5 Å². The number of hydrogen-bond donors (Lipinski definition) is 2. The van der Waals surface area contributed by atoms with Gasteiger partial charge in [0.25, 0.3) is 5.91 Å². The number of benzene rings is 2. The van der Waals surface area contributed by atoms with Crippen LogP contribution in [0.15, 0.2) is 48.5 Å². The lowest BCUT2D eigenvalue weighted by atomic mass is 9.96. The standard InChI is InChI=1S/C20H22FN3O3/c21-15-1-7-18(8-2-15)27-13-19(25)23-16-3-5-17(6-4-16)24-11-9-14(10-12-24)20(22)26/h1-8,14H,9-13H2,(H2,22,26)(H,23,25). The van der Waals surface area contributed by atoms with Crippen LogP contribution in [0, 0.1) is 11.7 Å². The van der Waals surface area contributed by atoms with Crippen molar-refractivity contribution in [1.29, 1.82) is 0 Å². The van der Waals surface area contributed by atoms with Crippen molar-refractivity contribution in [1.82, 2.24) is 0 Å². The number of nitrogens with zero attached hydrogens (tertiary/aromatic N) is 1. The number of anilines is 2. The van der Waals surface area contributed by atoms with E-state index in [1.807, 2.05) is 24.3 Å². The summed E-state index contributed by atoms with van der Waals surface area (Å²) in [7, 11) is 0. The van der Waals surface area contributed by atoms with Crippen LogP contribution in [0.1, 0.15) is 12.8 Å². The van der Waals surface area contributed by atoms with Crippen molar-refractivity contribution >= 4 is 23.2 Å². The molecule has 1 aliphatic heterocycles. The number of carbonyl (C=O) groups is 2. The molecule has 3 N–H and O–H groups in total. The van der Waals surface area contributed by atoms with Gasteiger partial charge >= 0.3 is 0 Å². The topological polar surface area (TPSA) is 84.7 Å². The predicted octanol–water partition coefficient (Wildman–Crippen LogP) is 2.54. The van der Waals surface area contributed by atoms with E-state index in [9.17, 15) is 14.0 Å². The number of nitrogens with two attached hydrogens (primary N) is 1. The van der Waals surface area contributed by atoms with Crippen LogP contribution in [-0.2, 0) is 9.59 Å². The first-order valence-corrected chi connectivity index (χ1v) is 8.84. The van der Waals surface area contributed by atoms with Crippen LogP contribution < -0.4 is 20.7 Å². The Labute approximate surface area is 157 Å². The molecule has 6 nitrogen and oxygen atoms in total. The Morgan fingerprint density at radius 3 is 2.30 bits per heavy atom. The summed E-state index contributed by atoms with van der Waals surface area (Å²) < 4.78 is 18.2. The van der Waals surface area contributed by atoms with Crippen LogP contribution in [0.25, 0.3) is 0 Å². The summed E-state index contributed by atoms with van der Waals surface area (Å²) >= 11 is 0. The summed E-state index contributed by atoms with van der Waals surface area (Å²) in [6.07, 6.45) is 1.52. The number of amides is 2. The molecule has 2 aromatic rings. The Bertz CT molecular complexity index is 785. The highest BCUT2D eigenvalue weighted by Crippen LogP contribution is 2.24. The molecule has 0 radical (unpaired) electrons. The maximum absolute atomic E-state index is 12.8.